The molecule has 3 heteroatoms. The molecule has 0 saturated carbocycles. The van der Waals surface area contributed by atoms with E-state index >= 15 is 0 Å². The van der Waals surface area contributed by atoms with Crippen molar-refractivity contribution in [3.8, 4) is 0 Å². The lowest BCUT2D eigenvalue weighted by Gasteiger charge is -2.00. The average molecular weight is 270 g/mol. The molecule has 112 valence electrons. The second-order valence-corrected chi connectivity index (χ2v) is 5.59. The van der Waals surface area contributed by atoms with Crippen LogP contribution in [0.5, 0.6) is 0 Å². The van der Waals surface area contributed by atoms with Crippen molar-refractivity contribution in [2.75, 3.05) is 7.11 Å². The van der Waals surface area contributed by atoms with E-state index < -0.39 is 0 Å². The molecule has 0 amide bonds. The molecule has 0 bridgehead atoms. The number of carbonyl (C=O) groups excluding carboxylic acids is 1. The van der Waals surface area contributed by atoms with Crippen molar-refractivity contribution in [3.63, 3.8) is 0 Å². The van der Waals surface area contributed by atoms with E-state index in [1.807, 2.05) is 0 Å². The third-order valence-electron chi connectivity index (χ3n) is 3.89. The Balaban J connectivity index is 1.81. The van der Waals surface area contributed by atoms with Gasteiger partial charge in [0, 0.05) is 6.42 Å². The molecule has 2 atom stereocenters. The van der Waals surface area contributed by atoms with E-state index in [-0.39, 0.29) is 5.97 Å². The average Bonchev–Trinajstić information content (AvgIpc) is 3.17. The topological polar surface area (TPSA) is 38.8 Å². The van der Waals surface area contributed by atoms with Gasteiger partial charge in [-0.3, -0.25) is 4.79 Å². The lowest BCUT2D eigenvalue weighted by atomic mass is 10.0. The van der Waals surface area contributed by atoms with E-state index in [1.54, 1.807) is 0 Å². The first-order valence-corrected chi connectivity index (χ1v) is 8.00. The lowest BCUT2D eigenvalue weighted by molar-refractivity contribution is -0.140. The number of hydrogen-bond donors (Lipinski definition) is 0. The Hall–Kier alpha value is -0.570. The Bertz CT molecular complexity index is 240. The van der Waals surface area contributed by atoms with Gasteiger partial charge in [-0.1, -0.05) is 58.3 Å². The Morgan fingerprint density at radius 1 is 0.947 bits per heavy atom. The summed E-state index contributed by atoms with van der Waals surface area (Å²) in [5.41, 5.74) is 0. The van der Waals surface area contributed by atoms with Gasteiger partial charge in [0.1, 0.15) is 0 Å². The molecule has 2 unspecified atom stereocenters. The van der Waals surface area contributed by atoms with E-state index in [0.717, 1.165) is 6.42 Å². The monoisotopic (exact) mass is 270 g/mol. The van der Waals surface area contributed by atoms with Crippen LogP contribution in [0.25, 0.3) is 0 Å². The molecule has 0 aromatic carbocycles. The summed E-state index contributed by atoms with van der Waals surface area (Å²) in [4.78, 5) is 11.0. The van der Waals surface area contributed by atoms with E-state index in [0.29, 0.717) is 18.6 Å². The summed E-state index contributed by atoms with van der Waals surface area (Å²) in [6.45, 7) is 2.26. The number of epoxide rings is 1. The lowest BCUT2D eigenvalue weighted by Crippen LogP contribution is -2.03. The minimum atomic E-state index is -0.124. The number of esters is 1. The molecule has 0 N–H and O–H groups in total. The first-order valence-electron chi connectivity index (χ1n) is 8.00. The summed E-state index contributed by atoms with van der Waals surface area (Å²) in [6.07, 6.45) is 14.1. The zero-order chi connectivity index (χ0) is 13.9. The number of ether oxygens (including phenoxy) is 2. The van der Waals surface area contributed by atoms with Crippen molar-refractivity contribution < 1.29 is 14.3 Å². The number of unbranched alkanes of at least 4 members (excludes halogenated alkanes) is 7. The van der Waals surface area contributed by atoms with Gasteiger partial charge in [0.25, 0.3) is 0 Å². The molecular weight excluding hydrogens is 240 g/mol. The first-order chi connectivity index (χ1) is 9.27. The molecule has 19 heavy (non-hydrogen) atoms. The van der Waals surface area contributed by atoms with Crippen LogP contribution < -0.4 is 0 Å². The third-order valence-corrected chi connectivity index (χ3v) is 3.89. The SMILES string of the molecule is CCCCCCCCCCC1OC1CCC(=O)OC. The molecule has 0 spiro atoms. The highest BCUT2D eigenvalue weighted by atomic mass is 16.6. The van der Waals surface area contributed by atoms with Crippen molar-refractivity contribution in [2.45, 2.75) is 89.8 Å². The fourth-order valence-corrected chi connectivity index (χ4v) is 2.53. The quantitative estimate of drug-likeness (QED) is 0.302. The second kappa shape index (κ2) is 10.2. The van der Waals surface area contributed by atoms with Gasteiger partial charge in [-0.2, -0.15) is 0 Å². The molecule has 0 aliphatic carbocycles. The van der Waals surface area contributed by atoms with Crippen LogP contribution in [0.15, 0.2) is 0 Å². The van der Waals surface area contributed by atoms with Crippen molar-refractivity contribution in [1.29, 1.82) is 0 Å². The highest BCUT2D eigenvalue weighted by Gasteiger charge is 2.37. The molecule has 1 saturated heterocycles. The van der Waals surface area contributed by atoms with Crippen LogP contribution in [0.1, 0.15) is 77.6 Å². The normalized spacial score (nSPS) is 21.4. The zero-order valence-electron chi connectivity index (χ0n) is 12.7. The van der Waals surface area contributed by atoms with E-state index in [9.17, 15) is 4.79 Å². The Morgan fingerprint density at radius 2 is 1.53 bits per heavy atom. The Kier molecular flexibility index (Phi) is 8.89. The Morgan fingerprint density at radius 3 is 2.16 bits per heavy atom. The minimum Gasteiger partial charge on any atom is -0.469 e. The van der Waals surface area contributed by atoms with E-state index in [1.165, 1.54) is 64.9 Å². The number of hydrogen-bond acceptors (Lipinski definition) is 3. The van der Waals surface area contributed by atoms with Crippen molar-refractivity contribution in [2.24, 2.45) is 0 Å². The summed E-state index contributed by atoms with van der Waals surface area (Å²) in [5, 5.41) is 0. The summed E-state index contributed by atoms with van der Waals surface area (Å²) >= 11 is 0. The molecule has 1 aliphatic heterocycles. The van der Waals surface area contributed by atoms with Crippen LogP contribution in [0.2, 0.25) is 0 Å². The van der Waals surface area contributed by atoms with Gasteiger partial charge < -0.3 is 9.47 Å². The molecule has 1 fully saturated rings. The molecule has 3 nitrogen and oxygen atoms in total. The predicted molar refractivity (Wildman–Crippen MR) is 77.1 cm³/mol. The van der Waals surface area contributed by atoms with Gasteiger partial charge in [0.15, 0.2) is 0 Å². The maximum absolute atomic E-state index is 11.0. The van der Waals surface area contributed by atoms with Crippen LogP contribution >= 0.6 is 0 Å². The predicted octanol–water partition coefficient (Wildman–Crippen LogP) is 4.24. The number of carbonyl (C=O) groups is 1. The molecule has 0 aromatic rings. The van der Waals surface area contributed by atoms with E-state index in [4.69, 9.17) is 4.74 Å². The van der Waals surface area contributed by atoms with E-state index in [2.05, 4.69) is 11.7 Å². The van der Waals surface area contributed by atoms with Gasteiger partial charge in [0.05, 0.1) is 19.3 Å². The first kappa shape index (κ1) is 16.5. The molecule has 1 heterocycles. The van der Waals surface area contributed by atoms with Crippen LogP contribution in [0.3, 0.4) is 0 Å². The number of rotatable bonds is 12. The summed E-state index contributed by atoms with van der Waals surface area (Å²) < 4.78 is 10.2. The smallest absolute Gasteiger partial charge is 0.305 e. The van der Waals surface area contributed by atoms with Crippen LogP contribution in [0.4, 0.5) is 0 Å². The molecule has 1 aliphatic rings. The molecule has 1 rings (SSSR count). The minimum absolute atomic E-state index is 0.124. The van der Waals surface area contributed by atoms with Gasteiger partial charge in [-0.05, 0) is 12.8 Å². The van der Waals surface area contributed by atoms with Crippen LogP contribution in [-0.4, -0.2) is 25.3 Å². The summed E-state index contributed by atoms with van der Waals surface area (Å²) in [7, 11) is 1.44. The standard InChI is InChI=1S/C16H30O3/c1-3-4-5-6-7-8-9-10-11-14-15(19-14)12-13-16(17)18-2/h14-15H,3-13H2,1-2H3. The number of methoxy groups -OCH3 is 1. The third kappa shape index (κ3) is 8.25. The Labute approximate surface area is 118 Å². The van der Waals surface area contributed by atoms with Gasteiger partial charge >= 0.3 is 5.97 Å². The molecule has 0 aromatic heterocycles. The van der Waals surface area contributed by atoms with Crippen LogP contribution in [-0.2, 0) is 14.3 Å². The maximum atomic E-state index is 11.0. The maximum Gasteiger partial charge on any atom is 0.305 e. The summed E-state index contributed by atoms with van der Waals surface area (Å²) in [5.74, 6) is -0.124. The zero-order valence-corrected chi connectivity index (χ0v) is 12.7. The highest BCUT2D eigenvalue weighted by molar-refractivity contribution is 5.69. The second-order valence-electron chi connectivity index (χ2n) is 5.59. The van der Waals surface area contributed by atoms with Crippen LogP contribution in [0, 0.1) is 0 Å². The van der Waals surface area contributed by atoms with Gasteiger partial charge in [-0.15, -0.1) is 0 Å². The molecule has 0 radical (unpaired) electrons. The van der Waals surface area contributed by atoms with Crippen molar-refractivity contribution >= 4 is 5.97 Å². The summed E-state index contributed by atoms with van der Waals surface area (Å²) in [6, 6.07) is 0. The van der Waals surface area contributed by atoms with Gasteiger partial charge in [-0.25, -0.2) is 0 Å². The largest absolute Gasteiger partial charge is 0.469 e. The van der Waals surface area contributed by atoms with Gasteiger partial charge in [0.2, 0.25) is 0 Å². The fraction of sp³-hybridized carbons (Fsp3) is 0.938. The van der Waals surface area contributed by atoms with Crippen molar-refractivity contribution in [1.82, 2.24) is 0 Å². The molecular formula is C16H30O3. The fourth-order valence-electron chi connectivity index (χ4n) is 2.53. The van der Waals surface area contributed by atoms with Crippen molar-refractivity contribution in [3.05, 3.63) is 0 Å². The highest BCUT2D eigenvalue weighted by Crippen LogP contribution is 2.31.